The summed E-state index contributed by atoms with van der Waals surface area (Å²) in [6.45, 7) is 1.19. The highest BCUT2D eigenvalue weighted by atomic mass is 127. The number of carbonyl (C=O) groups is 1. The van der Waals surface area contributed by atoms with Crippen LogP contribution >= 0.6 is 22.9 Å². The number of hydrogen-bond acceptors (Lipinski definition) is 1. The molecule has 2 nitrogen and oxygen atoms in total. The van der Waals surface area contributed by atoms with Crippen LogP contribution in [0.5, 0.6) is 0 Å². The van der Waals surface area contributed by atoms with Crippen LogP contribution in [-0.2, 0) is 4.79 Å². The zero-order valence-corrected chi connectivity index (χ0v) is 7.39. The zero-order chi connectivity index (χ0) is 7.28. The highest BCUT2D eigenvalue weighted by Crippen LogP contribution is 2.03. The summed E-state index contributed by atoms with van der Waals surface area (Å²) in [5, 5.41) is 0. The average Bonchev–Trinajstić information content (AvgIpc) is 1.87. The Morgan fingerprint density at radius 3 is 2.67 bits per heavy atom. The monoisotopic (exact) mass is 245 g/mol. The van der Waals surface area contributed by atoms with Gasteiger partial charge in [0.05, 0.1) is 22.9 Å². The normalized spacial score (nSPS) is 9.22. The summed E-state index contributed by atoms with van der Waals surface area (Å²) in [7, 11) is 0. The maximum absolute atomic E-state index is 11.7. The molecule has 0 fully saturated rings. The number of halogens is 2. The molecule has 0 rings (SSSR count). The number of alkyl halides is 1. The van der Waals surface area contributed by atoms with Gasteiger partial charge in [0.25, 0.3) is 0 Å². The lowest BCUT2D eigenvalue weighted by atomic mass is 10.3. The van der Waals surface area contributed by atoms with E-state index in [1.807, 2.05) is 6.92 Å². The molecule has 0 spiro atoms. The molecule has 0 aromatic rings. The Morgan fingerprint density at radius 2 is 2.33 bits per heavy atom. The molecule has 9 heavy (non-hydrogen) atoms. The lowest BCUT2D eigenvalue weighted by Crippen LogP contribution is -2.18. The van der Waals surface area contributed by atoms with Crippen LogP contribution in [0.2, 0.25) is 0 Å². The minimum absolute atomic E-state index is 0.138. The fraction of sp³-hybridized carbons (Fsp3) is 0.800. The van der Waals surface area contributed by atoms with Crippen molar-refractivity contribution in [1.82, 2.24) is 3.11 Å². The van der Waals surface area contributed by atoms with Gasteiger partial charge in [-0.05, 0) is 6.42 Å². The van der Waals surface area contributed by atoms with E-state index in [0.29, 0.717) is 6.42 Å². The van der Waals surface area contributed by atoms with E-state index >= 15 is 0 Å². The highest BCUT2D eigenvalue weighted by molar-refractivity contribution is 14.1. The van der Waals surface area contributed by atoms with Crippen molar-refractivity contribution < 1.29 is 9.18 Å². The van der Waals surface area contributed by atoms with Crippen molar-refractivity contribution in [3.63, 3.8) is 0 Å². The van der Waals surface area contributed by atoms with Gasteiger partial charge >= 0.3 is 0 Å². The zero-order valence-electron chi connectivity index (χ0n) is 5.23. The predicted molar refractivity (Wildman–Crippen MR) is 41.7 cm³/mol. The molecule has 0 aliphatic rings. The van der Waals surface area contributed by atoms with Crippen molar-refractivity contribution in [2.75, 3.05) is 6.80 Å². The topological polar surface area (TPSA) is 20.3 Å². The minimum Gasteiger partial charge on any atom is -0.274 e. The lowest BCUT2D eigenvalue weighted by molar-refractivity contribution is -0.126. The van der Waals surface area contributed by atoms with Gasteiger partial charge in [0, 0.05) is 6.42 Å². The van der Waals surface area contributed by atoms with E-state index in [9.17, 15) is 9.18 Å². The average molecular weight is 245 g/mol. The molecule has 0 saturated heterocycles. The minimum atomic E-state index is -0.695. The largest absolute Gasteiger partial charge is 0.274 e. The van der Waals surface area contributed by atoms with Crippen molar-refractivity contribution in [3.8, 4) is 0 Å². The van der Waals surface area contributed by atoms with Gasteiger partial charge in [-0.25, -0.2) is 4.39 Å². The standard InChI is InChI=1S/C5H9FINO/c1-2-3-5(9)8(7)4-6/h2-4H2,1H3. The number of carbonyl (C=O) groups excluding carboxylic acids is 1. The highest BCUT2D eigenvalue weighted by Gasteiger charge is 2.06. The van der Waals surface area contributed by atoms with Crippen molar-refractivity contribution in [2.45, 2.75) is 19.8 Å². The number of hydrogen-bond donors (Lipinski definition) is 0. The fourth-order valence-corrected chi connectivity index (χ4v) is 0.643. The third-order valence-corrected chi connectivity index (χ3v) is 1.64. The molecule has 54 valence electrons. The van der Waals surface area contributed by atoms with Gasteiger partial charge < -0.3 is 0 Å². The van der Waals surface area contributed by atoms with Crippen LogP contribution in [0, 0.1) is 0 Å². The summed E-state index contributed by atoms with van der Waals surface area (Å²) in [6.07, 6.45) is 1.21. The maximum Gasteiger partial charge on any atom is 0.233 e. The molecule has 0 saturated carbocycles. The Labute approximate surface area is 67.9 Å². The van der Waals surface area contributed by atoms with Crippen LogP contribution in [0.4, 0.5) is 4.39 Å². The summed E-state index contributed by atoms with van der Waals surface area (Å²) in [5.74, 6) is -0.138. The van der Waals surface area contributed by atoms with E-state index in [-0.39, 0.29) is 5.91 Å². The Morgan fingerprint density at radius 1 is 1.78 bits per heavy atom. The van der Waals surface area contributed by atoms with Gasteiger partial charge in [-0.1, -0.05) is 6.92 Å². The van der Waals surface area contributed by atoms with E-state index in [2.05, 4.69) is 0 Å². The van der Waals surface area contributed by atoms with Gasteiger partial charge in [0.1, 0.15) is 0 Å². The molecule has 1 amide bonds. The van der Waals surface area contributed by atoms with Gasteiger partial charge in [-0.2, -0.15) is 0 Å². The SMILES string of the molecule is CCCC(=O)N(I)CF. The Hall–Kier alpha value is 0.130. The van der Waals surface area contributed by atoms with Crippen molar-refractivity contribution >= 4 is 28.8 Å². The molecule has 0 unspecified atom stereocenters. The second-order valence-electron chi connectivity index (χ2n) is 1.63. The van der Waals surface area contributed by atoms with E-state index < -0.39 is 6.80 Å². The van der Waals surface area contributed by atoms with E-state index in [1.54, 1.807) is 22.9 Å². The maximum atomic E-state index is 11.7. The van der Waals surface area contributed by atoms with Crippen LogP contribution in [0.3, 0.4) is 0 Å². The first-order valence-corrected chi connectivity index (χ1v) is 3.71. The molecule has 0 atom stereocenters. The summed E-state index contributed by atoms with van der Waals surface area (Å²) in [4.78, 5) is 10.7. The van der Waals surface area contributed by atoms with Crippen molar-refractivity contribution in [1.29, 1.82) is 0 Å². The molecular weight excluding hydrogens is 236 g/mol. The Balaban J connectivity index is 3.46. The van der Waals surface area contributed by atoms with Crippen molar-refractivity contribution in [2.24, 2.45) is 0 Å². The van der Waals surface area contributed by atoms with Crippen LogP contribution in [0.1, 0.15) is 19.8 Å². The summed E-state index contributed by atoms with van der Waals surface area (Å²) in [6, 6.07) is 0. The fourth-order valence-electron chi connectivity index (χ4n) is 0.402. The van der Waals surface area contributed by atoms with E-state index in [4.69, 9.17) is 0 Å². The van der Waals surface area contributed by atoms with Crippen LogP contribution in [-0.4, -0.2) is 15.8 Å². The quantitative estimate of drug-likeness (QED) is 0.422. The van der Waals surface area contributed by atoms with Gasteiger partial charge in [0.15, 0.2) is 6.80 Å². The molecule has 0 radical (unpaired) electrons. The van der Waals surface area contributed by atoms with Crippen LogP contribution in [0.15, 0.2) is 0 Å². The number of rotatable bonds is 3. The van der Waals surface area contributed by atoms with Gasteiger partial charge in [-0.3, -0.25) is 7.91 Å². The first-order valence-electron chi connectivity index (χ1n) is 2.74. The second kappa shape index (κ2) is 4.96. The first kappa shape index (κ1) is 9.13. The Bertz CT molecular complexity index is 99.0. The first-order chi connectivity index (χ1) is 4.22. The summed E-state index contributed by atoms with van der Waals surface area (Å²) < 4.78 is 12.7. The number of amides is 1. The van der Waals surface area contributed by atoms with E-state index in [1.165, 1.54) is 0 Å². The van der Waals surface area contributed by atoms with E-state index in [0.717, 1.165) is 9.53 Å². The third-order valence-electron chi connectivity index (χ3n) is 0.839. The molecule has 0 aliphatic heterocycles. The molecule has 0 bridgehead atoms. The molecule has 0 heterocycles. The number of nitrogens with zero attached hydrogens (tertiary/aromatic N) is 1. The summed E-state index contributed by atoms with van der Waals surface area (Å²) in [5.41, 5.74) is 0. The Kier molecular flexibility index (Phi) is 5.03. The molecule has 0 N–H and O–H groups in total. The molecule has 0 aliphatic carbocycles. The van der Waals surface area contributed by atoms with Crippen LogP contribution < -0.4 is 0 Å². The summed E-state index contributed by atoms with van der Waals surface area (Å²) >= 11 is 1.66. The molecule has 0 aromatic carbocycles. The van der Waals surface area contributed by atoms with Crippen LogP contribution in [0.25, 0.3) is 0 Å². The molecule has 0 aromatic heterocycles. The van der Waals surface area contributed by atoms with Gasteiger partial charge in [0.2, 0.25) is 5.91 Å². The third kappa shape index (κ3) is 3.66. The van der Waals surface area contributed by atoms with Crippen molar-refractivity contribution in [3.05, 3.63) is 0 Å². The molecular formula is C5H9FINO. The smallest absolute Gasteiger partial charge is 0.233 e. The second-order valence-corrected chi connectivity index (χ2v) is 2.79. The van der Waals surface area contributed by atoms with Gasteiger partial charge in [-0.15, -0.1) is 0 Å². The molecule has 4 heteroatoms. The predicted octanol–water partition coefficient (Wildman–Crippen LogP) is 1.89. The lowest BCUT2D eigenvalue weighted by Gasteiger charge is -2.07.